The second-order valence-corrected chi connectivity index (χ2v) is 14.3. The smallest absolute Gasteiger partial charge is 0.243 e. The Labute approximate surface area is 347 Å². The van der Waals surface area contributed by atoms with Gasteiger partial charge in [0.25, 0.3) is 0 Å². The molecule has 2 aromatic heterocycles. The first-order valence-corrected chi connectivity index (χ1v) is 19.7. The third-order valence-corrected chi connectivity index (χ3v) is 9.58. The van der Waals surface area contributed by atoms with Gasteiger partial charge < -0.3 is 65.2 Å². The summed E-state index contributed by atoms with van der Waals surface area (Å²) in [6.45, 7) is 0.0920. The lowest BCUT2D eigenvalue weighted by Gasteiger charge is -2.27. The van der Waals surface area contributed by atoms with Crippen LogP contribution >= 0.6 is 0 Å². The van der Waals surface area contributed by atoms with Gasteiger partial charge in [0.1, 0.15) is 24.2 Å². The van der Waals surface area contributed by atoms with E-state index in [-0.39, 0.29) is 44.6 Å². The lowest BCUT2D eigenvalue weighted by molar-refractivity contribution is -0.135. The summed E-state index contributed by atoms with van der Waals surface area (Å²) in [6.07, 6.45) is 6.56. The van der Waals surface area contributed by atoms with Crippen molar-refractivity contribution in [2.75, 3.05) is 19.6 Å². The largest absolute Gasteiger partial charge is 0.370 e. The summed E-state index contributed by atoms with van der Waals surface area (Å²) in [6, 6.07) is 10.5. The minimum atomic E-state index is -1.26. The fourth-order valence-corrected chi connectivity index (χ4v) is 6.42. The van der Waals surface area contributed by atoms with Crippen LogP contribution in [0, 0.1) is 0 Å². The van der Waals surface area contributed by atoms with Crippen molar-refractivity contribution in [2.45, 2.75) is 81.6 Å². The number of nitrogens with zero attached hydrogens (tertiary/aromatic N) is 2. The highest BCUT2D eigenvalue weighted by molar-refractivity contribution is 5.97. The Morgan fingerprint density at radius 2 is 1.32 bits per heavy atom. The maximum Gasteiger partial charge on any atom is 0.243 e. The highest BCUT2D eigenvalue weighted by Gasteiger charge is 2.33. The predicted octanol–water partition coefficient (Wildman–Crippen LogP) is -2.03. The zero-order chi connectivity index (χ0) is 43.4. The molecule has 6 amide bonds. The highest BCUT2D eigenvalue weighted by atomic mass is 16.2. The third-order valence-electron chi connectivity index (χ3n) is 9.58. The van der Waals surface area contributed by atoms with E-state index in [1.54, 1.807) is 36.5 Å². The van der Waals surface area contributed by atoms with Gasteiger partial charge >= 0.3 is 0 Å². The number of benzene rings is 2. The van der Waals surface area contributed by atoms with Gasteiger partial charge in [-0.3, -0.25) is 33.8 Å². The Kier molecular flexibility index (Phi) is 18.0. The second kappa shape index (κ2) is 23.6. The normalized spacial score (nSPS) is 13.5. The molecule has 2 aromatic carbocycles. The fraction of sp³-hybridized carbons (Fsp3) is 0.400. The second-order valence-electron chi connectivity index (χ2n) is 14.3. The van der Waals surface area contributed by atoms with Crippen molar-refractivity contribution in [3.8, 4) is 0 Å². The van der Waals surface area contributed by atoms with Gasteiger partial charge in [0.05, 0.1) is 18.9 Å². The highest BCUT2D eigenvalue weighted by Crippen LogP contribution is 2.19. The van der Waals surface area contributed by atoms with Gasteiger partial charge in [0.2, 0.25) is 35.4 Å². The lowest BCUT2D eigenvalue weighted by Crippen LogP contribution is -2.60. The van der Waals surface area contributed by atoms with Crippen LogP contribution in [-0.4, -0.2) is 106 Å². The van der Waals surface area contributed by atoms with Crippen LogP contribution in [0.5, 0.6) is 0 Å². The molecule has 4 aromatic rings. The molecule has 0 saturated heterocycles. The zero-order valence-electron chi connectivity index (χ0n) is 33.3. The summed E-state index contributed by atoms with van der Waals surface area (Å²) in [5.74, 6) is -4.35. The molecule has 5 atom stereocenters. The van der Waals surface area contributed by atoms with Crippen molar-refractivity contribution < 1.29 is 28.8 Å². The number of hydrogen-bond donors (Lipinski definition) is 12. The van der Waals surface area contributed by atoms with E-state index in [0.717, 1.165) is 10.9 Å². The summed E-state index contributed by atoms with van der Waals surface area (Å²) >= 11 is 0. The third kappa shape index (κ3) is 14.9. The first kappa shape index (κ1) is 45.9. The van der Waals surface area contributed by atoms with E-state index >= 15 is 0 Å². The fourth-order valence-electron chi connectivity index (χ4n) is 6.42. The van der Waals surface area contributed by atoms with Crippen LogP contribution < -0.4 is 55.3 Å². The van der Waals surface area contributed by atoms with Gasteiger partial charge in [-0.15, -0.1) is 0 Å². The molecule has 0 radical (unpaired) electrons. The molecular formula is C40H56N14O6. The molecule has 0 bridgehead atoms. The number of unbranched alkanes of at least 4 members (excludes halogenated alkanes) is 1. The molecule has 17 N–H and O–H groups in total. The van der Waals surface area contributed by atoms with Gasteiger partial charge in [0, 0.05) is 54.8 Å². The van der Waals surface area contributed by atoms with Gasteiger partial charge in [-0.05, 0) is 49.4 Å². The van der Waals surface area contributed by atoms with Crippen LogP contribution in [0.1, 0.15) is 48.9 Å². The number of nitrogens with one attached hydrogen (secondary N) is 7. The van der Waals surface area contributed by atoms with Crippen molar-refractivity contribution >= 4 is 52.3 Å². The molecule has 0 fully saturated rings. The minimum Gasteiger partial charge on any atom is -0.370 e. The van der Waals surface area contributed by atoms with Crippen molar-refractivity contribution in [1.82, 2.24) is 41.5 Å². The number of aliphatic imine (C=N–C) groups is 1. The SMILES string of the molecule is NCCCC[C@H](N)C(=O)N[C@@H](Cc1cnc[nH]1)C(=O)N[C@@H](Cc1ccccc1)C(=O)N[C@@H](CCCN=C(N)N)C(=O)N[C@@H](Cc1c[nH]c2ccccc12)C(=O)NCC(N)=O. The van der Waals surface area contributed by atoms with Crippen molar-refractivity contribution in [3.63, 3.8) is 0 Å². The van der Waals surface area contributed by atoms with Crippen LogP contribution in [0.3, 0.4) is 0 Å². The van der Waals surface area contributed by atoms with E-state index in [1.165, 1.54) is 12.5 Å². The van der Waals surface area contributed by atoms with Gasteiger partial charge in [-0.25, -0.2) is 4.98 Å². The number of hydrogen-bond acceptors (Lipinski definition) is 10. The Morgan fingerprint density at radius 1 is 0.683 bits per heavy atom. The molecule has 20 nitrogen and oxygen atoms in total. The van der Waals surface area contributed by atoms with Gasteiger partial charge in [0.15, 0.2) is 5.96 Å². The van der Waals surface area contributed by atoms with E-state index < -0.39 is 72.2 Å². The number of aromatic nitrogens is 3. The molecule has 0 aliphatic heterocycles. The number of aromatic amines is 2. The lowest BCUT2D eigenvalue weighted by atomic mass is 10.0. The Bertz CT molecular complexity index is 2050. The van der Waals surface area contributed by atoms with Crippen LogP contribution in [-0.2, 0) is 48.0 Å². The molecule has 0 saturated carbocycles. The number of primary amides is 1. The average molecular weight is 829 g/mol. The molecule has 2 heterocycles. The van der Waals surface area contributed by atoms with E-state index in [4.69, 9.17) is 28.7 Å². The number of imidazole rings is 1. The molecular weight excluding hydrogens is 773 g/mol. The van der Waals surface area contributed by atoms with Crippen molar-refractivity contribution in [1.29, 1.82) is 0 Å². The molecule has 4 rings (SSSR count). The average Bonchev–Trinajstić information content (AvgIpc) is 3.90. The number of H-pyrrole nitrogens is 2. The number of para-hydroxylation sites is 1. The summed E-state index contributed by atoms with van der Waals surface area (Å²) in [5.41, 5.74) is 30.8. The quantitative estimate of drug-likeness (QED) is 0.0196. The Morgan fingerprint density at radius 3 is 1.98 bits per heavy atom. The number of carbonyl (C=O) groups is 6. The number of rotatable bonds is 25. The minimum absolute atomic E-state index is 0.00176. The zero-order valence-corrected chi connectivity index (χ0v) is 33.3. The molecule has 20 heteroatoms. The molecule has 60 heavy (non-hydrogen) atoms. The maximum absolute atomic E-state index is 14.3. The van der Waals surface area contributed by atoms with E-state index in [9.17, 15) is 28.8 Å². The van der Waals surface area contributed by atoms with Crippen LogP contribution in [0.2, 0.25) is 0 Å². The summed E-state index contributed by atoms with van der Waals surface area (Å²) in [7, 11) is 0. The molecule has 0 unspecified atom stereocenters. The summed E-state index contributed by atoms with van der Waals surface area (Å²) in [5, 5.41) is 14.3. The van der Waals surface area contributed by atoms with Gasteiger partial charge in [-0.2, -0.15) is 0 Å². The van der Waals surface area contributed by atoms with Crippen LogP contribution in [0.4, 0.5) is 0 Å². The van der Waals surface area contributed by atoms with Crippen molar-refractivity contribution in [2.24, 2.45) is 33.7 Å². The molecule has 0 aliphatic rings. The first-order valence-electron chi connectivity index (χ1n) is 19.7. The van der Waals surface area contributed by atoms with Crippen LogP contribution in [0.25, 0.3) is 10.9 Å². The molecule has 0 spiro atoms. The van der Waals surface area contributed by atoms with E-state index in [2.05, 4.69) is 46.5 Å². The van der Waals surface area contributed by atoms with E-state index in [0.29, 0.717) is 42.6 Å². The van der Waals surface area contributed by atoms with E-state index in [1.807, 2.05) is 24.3 Å². The first-order chi connectivity index (χ1) is 28.8. The number of nitrogens with two attached hydrogens (primary N) is 5. The standard InChI is InChI=1S/C40H56N14O6/c41-15-7-6-12-28(42)35(56)52-33(19-26-21-46-23-50-26)39(60)53-31(17-24-9-2-1-3-10-24)38(59)51-30(14-8-16-47-40(44)45)37(58)54-32(36(57)49-22-34(43)55)18-25-20-48-29-13-5-4-11-27(25)29/h1-5,9-11,13,20-21,23,28,30-33,48H,6-8,12,14-19,22,41-42H2,(H2,43,55)(H,46,50)(H,49,57)(H,51,59)(H,52,56)(H,53,60)(H,54,58)(H4,44,45,47)/t28-,30-,31-,32-,33-/m0/s1. The monoisotopic (exact) mass is 828 g/mol. The maximum atomic E-state index is 14.3. The summed E-state index contributed by atoms with van der Waals surface area (Å²) < 4.78 is 0. The number of carbonyl (C=O) groups excluding carboxylic acids is 6. The molecule has 0 aliphatic carbocycles. The number of guanidine groups is 1. The Hall–Kier alpha value is -6.80. The topological polar surface area (TPSA) is 349 Å². The molecule has 322 valence electrons. The Balaban J connectivity index is 1.60. The summed E-state index contributed by atoms with van der Waals surface area (Å²) in [4.78, 5) is 94.8. The van der Waals surface area contributed by atoms with Crippen molar-refractivity contribution in [3.05, 3.63) is 90.1 Å². The number of fused-ring (bicyclic) bond motifs is 1. The predicted molar refractivity (Wildman–Crippen MR) is 225 cm³/mol. The van der Waals surface area contributed by atoms with Gasteiger partial charge in [-0.1, -0.05) is 55.0 Å². The van der Waals surface area contributed by atoms with Crippen LogP contribution in [0.15, 0.2) is 78.3 Å². The number of amides is 6.